The van der Waals surface area contributed by atoms with E-state index in [1.54, 1.807) is 32.9 Å². The van der Waals surface area contributed by atoms with Crippen LogP contribution in [0.2, 0.25) is 0 Å². The topological polar surface area (TPSA) is 65.7 Å². The first-order chi connectivity index (χ1) is 8.72. The van der Waals surface area contributed by atoms with Gasteiger partial charge < -0.3 is 13.9 Å². The number of furan rings is 1. The highest BCUT2D eigenvalue weighted by atomic mass is 16.6. The van der Waals surface area contributed by atoms with Crippen molar-refractivity contribution in [1.82, 2.24) is 0 Å². The fourth-order valence-electron chi connectivity index (χ4n) is 1.32. The van der Waals surface area contributed by atoms with Crippen LogP contribution in [-0.2, 0) is 31.3 Å². The van der Waals surface area contributed by atoms with E-state index in [9.17, 15) is 9.59 Å². The SMILES string of the molecule is C=C(C)C(=O)OC(C)(C)c1ccc(COC(C)=O)o1. The van der Waals surface area contributed by atoms with Gasteiger partial charge in [0, 0.05) is 12.5 Å². The molecule has 1 aromatic heterocycles. The summed E-state index contributed by atoms with van der Waals surface area (Å²) in [7, 11) is 0. The average Bonchev–Trinajstić information content (AvgIpc) is 2.74. The molecule has 0 aliphatic heterocycles. The summed E-state index contributed by atoms with van der Waals surface area (Å²) < 4.78 is 15.6. The van der Waals surface area contributed by atoms with Gasteiger partial charge in [-0.25, -0.2) is 4.79 Å². The minimum atomic E-state index is -0.912. The van der Waals surface area contributed by atoms with Gasteiger partial charge in [-0.3, -0.25) is 4.79 Å². The molecule has 0 saturated carbocycles. The van der Waals surface area contributed by atoms with Crippen LogP contribution >= 0.6 is 0 Å². The van der Waals surface area contributed by atoms with Crippen molar-refractivity contribution in [3.63, 3.8) is 0 Å². The predicted molar refractivity (Wildman–Crippen MR) is 68.1 cm³/mol. The van der Waals surface area contributed by atoms with Crippen molar-refractivity contribution in [2.45, 2.75) is 39.9 Å². The summed E-state index contributed by atoms with van der Waals surface area (Å²) in [5, 5.41) is 0. The van der Waals surface area contributed by atoms with Crippen LogP contribution in [0.5, 0.6) is 0 Å². The van der Waals surface area contributed by atoms with Gasteiger partial charge in [0.2, 0.25) is 0 Å². The van der Waals surface area contributed by atoms with E-state index in [1.807, 2.05) is 0 Å². The maximum atomic E-state index is 11.5. The Bertz CT molecular complexity index is 496. The van der Waals surface area contributed by atoms with Gasteiger partial charge in [-0.05, 0) is 32.9 Å². The molecule has 0 spiro atoms. The first-order valence-corrected chi connectivity index (χ1v) is 5.84. The third kappa shape index (κ3) is 4.28. The van der Waals surface area contributed by atoms with Crippen molar-refractivity contribution in [3.8, 4) is 0 Å². The summed E-state index contributed by atoms with van der Waals surface area (Å²) in [5.41, 5.74) is -0.593. The highest BCUT2D eigenvalue weighted by Gasteiger charge is 2.29. The molecular weight excluding hydrogens is 248 g/mol. The van der Waals surface area contributed by atoms with Crippen LogP contribution < -0.4 is 0 Å². The van der Waals surface area contributed by atoms with Crippen molar-refractivity contribution in [2.75, 3.05) is 0 Å². The fourth-order valence-corrected chi connectivity index (χ4v) is 1.32. The lowest BCUT2D eigenvalue weighted by Gasteiger charge is -2.22. The molecule has 1 aromatic rings. The maximum Gasteiger partial charge on any atom is 0.334 e. The quantitative estimate of drug-likeness (QED) is 0.605. The molecule has 1 heterocycles. The van der Waals surface area contributed by atoms with Crippen molar-refractivity contribution in [3.05, 3.63) is 35.8 Å². The summed E-state index contributed by atoms with van der Waals surface area (Å²) in [6.45, 7) is 9.90. The zero-order valence-corrected chi connectivity index (χ0v) is 11.6. The standard InChI is InChI=1S/C14H18O5/c1-9(2)13(16)19-14(4,5)12-7-6-11(18-12)8-17-10(3)15/h6-7H,1,8H2,2-5H3. The van der Waals surface area contributed by atoms with E-state index < -0.39 is 11.6 Å². The van der Waals surface area contributed by atoms with Gasteiger partial charge >= 0.3 is 11.9 Å². The van der Waals surface area contributed by atoms with Gasteiger partial charge in [0.15, 0.2) is 5.60 Å². The molecule has 0 bridgehead atoms. The Balaban J connectivity index is 2.76. The number of rotatable bonds is 5. The van der Waals surface area contributed by atoms with E-state index in [0.29, 0.717) is 17.1 Å². The van der Waals surface area contributed by atoms with Gasteiger partial charge in [-0.1, -0.05) is 6.58 Å². The molecule has 5 heteroatoms. The number of hydrogen-bond acceptors (Lipinski definition) is 5. The van der Waals surface area contributed by atoms with Gasteiger partial charge in [-0.2, -0.15) is 0 Å². The normalized spacial score (nSPS) is 10.9. The highest BCUT2D eigenvalue weighted by molar-refractivity contribution is 5.87. The highest BCUT2D eigenvalue weighted by Crippen LogP contribution is 2.27. The van der Waals surface area contributed by atoms with E-state index in [0.717, 1.165) is 0 Å². The smallest absolute Gasteiger partial charge is 0.334 e. The first-order valence-electron chi connectivity index (χ1n) is 5.84. The number of esters is 2. The number of carbonyl (C=O) groups excluding carboxylic acids is 2. The summed E-state index contributed by atoms with van der Waals surface area (Å²) >= 11 is 0. The Morgan fingerprint density at radius 2 is 1.95 bits per heavy atom. The number of ether oxygens (including phenoxy) is 2. The van der Waals surface area contributed by atoms with Crippen LogP contribution in [0.4, 0.5) is 0 Å². The van der Waals surface area contributed by atoms with Gasteiger partial charge in [0.1, 0.15) is 18.1 Å². The molecule has 0 aliphatic rings. The molecule has 0 atom stereocenters. The Kier molecular flexibility index (Phi) is 4.53. The summed E-state index contributed by atoms with van der Waals surface area (Å²) in [6.07, 6.45) is 0. The minimum Gasteiger partial charge on any atom is -0.458 e. The lowest BCUT2D eigenvalue weighted by atomic mass is 10.1. The monoisotopic (exact) mass is 266 g/mol. The Labute approximate surface area is 112 Å². The van der Waals surface area contributed by atoms with E-state index >= 15 is 0 Å². The van der Waals surface area contributed by atoms with E-state index in [-0.39, 0.29) is 12.6 Å². The molecule has 0 aliphatic carbocycles. The molecule has 0 N–H and O–H groups in total. The second kappa shape index (κ2) is 5.73. The van der Waals surface area contributed by atoms with Crippen LogP contribution in [0.1, 0.15) is 39.2 Å². The van der Waals surface area contributed by atoms with Crippen molar-refractivity contribution >= 4 is 11.9 Å². The van der Waals surface area contributed by atoms with Crippen molar-refractivity contribution < 1.29 is 23.5 Å². The second-order valence-electron chi connectivity index (χ2n) is 4.73. The minimum absolute atomic E-state index is 0.0554. The lowest BCUT2D eigenvalue weighted by molar-refractivity contribution is -0.154. The predicted octanol–water partition coefficient (Wildman–Crippen LogP) is 2.70. The van der Waals surface area contributed by atoms with E-state index in [2.05, 4.69) is 6.58 Å². The van der Waals surface area contributed by atoms with Crippen LogP contribution in [0, 0.1) is 0 Å². The number of carbonyl (C=O) groups is 2. The Hall–Kier alpha value is -2.04. The largest absolute Gasteiger partial charge is 0.458 e. The lowest BCUT2D eigenvalue weighted by Crippen LogP contribution is -2.25. The van der Waals surface area contributed by atoms with Gasteiger partial charge in [0.05, 0.1) is 0 Å². The van der Waals surface area contributed by atoms with Crippen LogP contribution in [0.3, 0.4) is 0 Å². The molecule has 0 aromatic carbocycles. The van der Waals surface area contributed by atoms with E-state index in [1.165, 1.54) is 6.92 Å². The van der Waals surface area contributed by atoms with Gasteiger partial charge in [-0.15, -0.1) is 0 Å². The molecule has 0 amide bonds. The van der Waals surface area contributed by atoms with E-state index in [4.69, 9.17) is 13.9 Å². The van der Waals surface area contributed by atoms with Crippen LogP contribution in [0.15, 0.2) is 28.7 Å². The summed E-state index contributed by atoms with van der Waals surface area (Å²) in [4.78, 5) is 22.2. The molecule has 0 radical (unpaired) electrons. The van der Waals surface area contributed by atoms with Crippen molar-refractivity contribution in [1.29, 1.82) is 0 Å². The Morgan fingerprint density at radius 3 is 2.47 bits per heavy atom. The summed E-state index contributed by atoms with van der Waals surface area (Å²) in [6, 6.07) is 3.36. The first kappa shape index (κ1) is 15.0. The molecule has 0 saturated heterocycles. The van der Waals surface area contributed by atoms with Crippen molar-refractivity contribution in [2.24, 2.45) is 0 Å². The third-order valence-electron chi connectivity index (χ3n) is 2.37. The van der Waals surface area contributed by atoms with Crippen LogP contribution in [-0.4, -0.2) is 11.9 Å². The average molecular weight is 266 g/mol. The van der Waals surface area contributed by atoms with Gasteiger partial charge in [0.25, 0.3) is 0 Å². The summed E-state index contributed by atoms with van der Waals surface area (Å²) in [5.74, 6) is 0.0998. The molecule has 5 nitrogen and oxygen atoms in total. The second-order valence-corrected chi connectivity index (χ2v) is 4.73. The molecule has 0 fully saturated rings. The third-order valence-corrected chi connectivity index (χ3v) is 2.37. The molecule has 19 heavy (non-hydrogen) atoms. The molecule has 0 unspecified atom stereocenters. The maximum absolute atomic E-state index is 11.5. The molecule has 104 valence electrons. The number of hydrogen-bond donors (Lipinski definition) is 0. The van der Waals surface area contributed by atoms with Crippen LogP contribution in [0.25, 0.3) is 0 Å². The zero-order valence-electron chi connectivity index (χ0n) is 11.6. The zero-order chi connectivity index (χ0) is 14.6. The molecular formula is C14H18O5. The molecule has 1 rings (SSSR count). The fraction of sp³-hybridized carbons (Fsp3) is 0.429. The Morgan fingerprint density at radius 1 is 1.32 bits per heavy atom.